The molecule has 0 aromatic carbocycles. The van der Waals surface area contributed by atoms with Crippen LogP contribution >= 0.6 is 0 Å². The average Bonchev–Trinajstić information content (AvgIpc) is 2.99. The molecule has 0 aromatic rings. The lowest BCUT2D eigenvalue weighted by atomic mass is 10.00. The van der Waals surface area contributed by atoms with Crippen molar-refractivity contribution in [1.82, 2.24) is 5.32 Å². The molecule has 4 heteroatoms. The molecule has 0 heterocycles. The summed E-state index contributed by atoms with van der Waals surface area (Å²) in [5, 5.41) is 22.9. The Hall–Kier alpha value is -0.870. The fraction of sp³-hybridized carbons (Fsp3) is 0.921. The van der Waals surface area contributed by atoms with Crippen LogP contribution in [0.25, 0.3) is 0 Å². The van der Waals surface area contributed by atoms with E-state index in [4.69, 9.17) is 0 Å². The standard InChI is InChI=1S/C38H75NO3/c1-4-6-7-8-9-10-11-12-13-14-15-16-17-18-19-24-27-30-33-38(42)39-36(34-40)37(41)32-29-26-23-21-20-22-25-28-31-35(3)5-2/h29,32,35-37,40-41H,4-28,30-31,33-34H2,1-3H3,(H,39,42). The van der Waals surface area contributed by atoms with E-state index in [-0.39, 0.29) is 12.5 Å². The zero-order valence-electron chi connectivity index (χ0n) is 28.7. The summed E-state index contributed by atoms with van der Waals surface area (Å²) >= 11 is 0. The molecule has 0 aliphatic heterocycles. The number of amides is 1. The molecule has 250 valence electrons. The third-order valence-corrected chi connectivity index (χ3v) is 9.06. The van der Waals surface area contributed by atoms with Crippen molar-refractivity contribution in [1.29, 1.82) is 0 Å². The highest BCUT2D eigenvalue weighted by molar-refractivity contribution is 5.76. The van der Waals surface area contributed by atoms with Crippen molar-refractivity contribution in [3.63, 3.8) is 0 Å². The van der Waals surface area contributed by atoms with Crippen LogP contribution in [0.3, 0.4) is 0 Å². The van der Waals surface area contributed by atoms with Gasteiger partial charge in [-0.15, -0.1) is 0 Å². The van der Waals surface area contributed by atoms with E-state index in [2.05, 4.69) is 26.1 Å². The monoisotopic (exact) mass is 594 g/mol. The average molecular weight is 594 g/mol. The number of allylic oxidation sites excluding steroid dienone is 1. The van der Waals surface area contributed by atoms with Crippen molar-refractivity contribution in [3.8, 4) is 0 Å². The maximum atomic E-state index is 12.3. The second-order valence-corrected chi connectivity index (χ2v) is 13.2. The van der Waals surface area contributed by atoms with Gasteiger partial charge in [0.2, 0.25) is 5.91 Å². The molecule has 0 bridgehead atoms. The van der Waals surface area contributed by atoms with Crippen LogP contribution in [0.15, 0.2) is 12.2 Å². The van der Waals surface area contributed by atoms with Crippen LogP contribution < -0.4 is 5.32 Å². The Balaban J connectivity index is 3.58. The molecule has 0 aliphatic rings. The minimum Gasteiger partial charge on any atom is -0.394 e. The minimum atomic E-state index is -0.833. The number of carbonyl (C=O) groups excluding carboxylic acids is 1. The number of hydrogen-bond acceptors (Lipinski definition) is 3. The van der Waals surface area contributed by atoms with Crippen LogP contribution in [0.5, 0.6) is 0 Å². The molecule has 1 amide bonds. The molecule has 0 radical (unpaired) electrons. The van der Waals surface area contributed by atoms with Crippen molar-refractivity contribution in [3.05, 3.63) is 12.2 Å². The lowest BCUT2D eigenvalue weighted by molar-refractivity contribution is -0.123. The Bertz CT molecular complexity index is 579. The Morgan fingerprint density at radius 1 is 0.643 bits per heavy atom. The van der Waals surface area contributed by atoms with Crippen LogP contribution in [-0.2, 0) is 4.79 Å². The smallest absolute Gasteiger partial charge is 0.220 e. The molecule has 4 nitrogen and oxygen atoms in total. The number of hydrogen-bond donors (Lipinski definition) is 3. The normalized spacial score (nSPS) is 13.9. The Morgan fingerprint density at radius 2 is 1.07 bits per heavy atom. The molecule has 3 N–H and O–H groups in total. The van der Waals surface area contributed by atoms with Crippen LogP contribution in [0, 0.1) is 5.92 Å². The molecular formula is C38H75NO3. The Kier molecular flexibility index (Phi) is 32.3. The van der Waals surface area contributed by atoms with Crippen molar-refractivity contribution in [2.75, 3.05) is 6.61 Å². The highest BCUT2D eigenvalue weighted by Crippen LogP contribution is 2.16. The van der Waals surface area contributed by atoms with Crippen LogP contribution in [0.2, 0.25) is 0 Å². The van der Waals surface area contributed by atoms with Crippen molar-refractivity contribution >= 4 is 5.91 Å². The van der Waals surface area contributed by atoms with Crippen molar-refractivity contribution in [2.45, 2.75) is 213 Å². The van der Waals surface area contributed by atoms with Crippen LogP contribution in [0.1, 0.15) is 201 Å². The van der Waals surface area contributed by atoms with E-state index < -0.39 is 12.1 Å². The van der Waals surface area contributed by atoms with E-state index in [9.17, 15) is 15.0 Å². The first-order chi connectivity index (χ1) is 20.5. The number of rotatable bonds is 33. The first kappa shape index (κ1) is 41.1. The van der Waals surface area contributed by atoms with E-state index in [1.54, 1.807) is 6.08 Å². The van der Waals surface area contributed by atoms with Gasteiger partial charge in [0.15, 0.2) is 0 Å². The number of carbonyl (C=O) groups is 1. The highest BCUT2D eigenvalue weighted by Gasteiger charge is 2.17. The first-order valence-corrected chi connectivity index (χ1v) is 18.8. The Morgan fingerprint density at radius 3 is 1.52 bits per heavy atom. The summed E-state index contributed by atoms with van der Waals surface area (Å²) in [6, 6.07) is -0.616. The maximum absolute atomic E-state index is 12.3. The highest BCUT2D eigenvalue weighted by atomic mass is 16.3. The molecule has 42 heavy (non-hydrogen) atoms. The van der Waals surface area contributed by atoms with Gasteiger partial charge in [-0.2, -0.15) is 0 Å². The molecule has 0 spiro atoms. The van der Waals surface area contributed by atoms with E-state index in [1.165, 1.54) is 148 Å². The second kappa shape index (κ2) is 33.0. The van der Waals surface area contributed by atoms with Gasteiger partial charge < -0.3 is 15.5 Å². The fourth-order valence-electron chi connectivity index (χ4n) is 5.74. The first-order valence-electron chi connectivity index (χ1n) is 18.8. The van der Waals surface area contributed by atoms with E-state index >= 15 is 0 Å². The summed E-state index contributed by atoms with van der Waals surface area (Å²) in [4.78, 5) is 12.3. The molecule has 0 rings (SSSR count). The summed E-state index contributed by atoms with van der Waals surface area (Å²) in [5.41, 5.74) is 0. The quantitative estimate of drug-likeness (QED) is 0.0523. The second-order valence-electron chi connectivity index (χ2n) is 13.2. The largest absolute Gasteiger partial charge is 0.394 e. The molecule has 0 saturated heterocycles. The lowest BCUT2D eigenvalue weighted by Crippen LogP contribution is -2.45. The van der Waals surface area contributed by atoms with Gasteiger partial charge in [-0.25, -0.2) is 0 Å². The zero-order valence-corrected chi connectivity index (χ0v) is 28.7. The van der Waals surface area contributed by atoms with Crippen LogP contribution in [0.4, 0.5) is 0 Å². The number of nitrogens with one attached hydrogen (secondary N) is 1. The number of aliphatic hydroxyl groups excluding tert-OH is 2. The zero-order chi connectivity index (χ0) is 30.9. The minimum absolute atomic E-state index is 0.0636. The predicted molar refractivity (Wildman–Crippen MR) is 184 cm³/mol. The Labute approximate surface area is 263 Å². The molecule has 0 aliphatic carbocycles. The van der Waals surface area contributed by atoms with Gasteiger partial charge in [0.25, 0.3) is 0 Å². The molecule has 0 aromatic heterocycles. The summed E-state index contributed by atoms with van der Waals surface area (Å²) in [7, 11) is 0. The summed E-state index contributed by atoms with van der Waals surface area (Å²) in [6.07, 6.45) is 38.6. The van der Waals surface area contributed by atoms with E-state index in [0.717, 1.165) is 31.6 Å². The van der Waals surface area contributed by atoms with Gasteiger partial charge in [-0.1, -0.05) is 187 Å². The maximum Gasteiger partial charge on any atom is 0.220 e. The molecule has 0 saturated carbocycles. The molecule has 3 atom stereocenters. The third-order valence-electron chi connectivity index (χ3n) is 9.06. The van der Waals surface area contributed by atoms with Gasteiger partial charge in [0.05, 0.1) is 18.8 Å². The topological polar surface area (TPSA) is 69.6 Å². The number of unbranched alkanes of at least 4 members (excludes halogenated alkanes) is 23. The number of aliphatic hydroxyl groups is 2. The lowest BCUT2D eigenvalue weighted by Gasteiger charge is -2.20. The SMILES string of the molecule is CCCCCCCCCCCCCCCCCCCCC(=O)NC(CO)C(O)C=CCCCCCCCCC(C)CC. The molecule has 0 fully saturated rings. The third kappa shape index (κ3) is 29.2. The fourth-order valence-corrected chi connectivity index (χ4v) is 5.74. The van der Waals surface area contributed by atoms with Gasteiger partial charge in [-0.05, 0) is 25.2 Å². The van der Waals surface area contributed by atoms with Crippen LogP contribution in [-0.4, -0.2) is 34.9 Å². The summed E-state index contributed by atoms with van der Waals surface area (Å²) < 4.78 is 0. The van der Waals surface area contributed by atoms with E-state index in [1.807, 2.05) is 6.08 Å². The van der Waals surface area contributed by atoms with E-state index in [0.29, 0.717) is 6.42 Å². The van der Waals surface area contributed by atoms with Crippen molar-refractivity contribution in [2.24, 2.45) is 5.92 Å². The molecular weight excluding hydrogens is 518 g/mol. The summed E-state index contributed by atoms with van der Waals surface area (Å²) in [5.74, 6) is 0.800. The van der Waals surface area contributed by atoms with Crippen molar-refractivity contribution < 1.29 is 15.0 Å². The van der Waals surface area contributed by atoms with Gasteiger partial charge in [-0.3, -0.25) is 4.79 Å². The summed E-state index contributed by atoms with van der Waals surface area (Å²) in [6.45, 7) is 6.66. The van der Waals surface area contributed by atoms with Gasteiger partial charge >= 0.3 is 0 Å². The molecule has 3 unspecified atom stereocenters. The van der Waals surface area contributed by atoms with Gasteiger partial charge in [0, 0.05) is 6.42 Å². The van der Waals surface area contributed by atoms with Gasteiger partial charge in [0.1, 0.15) is 0 Å². The predicted octanol–water partition coefficient (Wildman–Crippen LogP) is 11.0.